The van der Waals surface area contributed by atoms with Gasteiger partial charge in [-0.15, -0.1) is 0 Å². The highest BCUT2D eigenvalue weighted by molar-refractivity contribution is 6.44. The summed E-state index contributed by atoms with van der Waals surface area (Å²) in [5.41, 5.74) is 2.21. The molecule has 2 nitrogen and oxygen atoms in total. The van der Waals surface area contributed by atoms with E-state index in [-0.39, 0.29) is 0 Å². The molecule has 2 aromatic rings. The average Bonchev–Trinajstić information content (AvgIpc) is 2.41. The van der Waals surface area contributed by atoms with Crippen LogP contribution in [0, 0.1) is 11.3 Å². The molecule has 5 heteroatoms. The van der Waals surface area contributed by atoms with Gasteiger partial charge in [-0.05, 0) is 23.8 Å². The predicted octanol–water partition coefficient (Wildman–Crippen LogP) is 5.13. The molecule has 0 aliphatic rings. The summed E-state index contributed by atoms with van der Waals surface area (Å²) in [5, 5.41) is 13.5. The summed E-state index contributed by atoms with van der Waals surface area (Å²) in [6.07, 6.45) is 0. The van der Waals surface area contributed by atoms with Gasteiger partial charge in [0.25, 0.3) is 0 Å². The molecule has 0 radical (unpaired) electrons. The van der Waals surface area contributed by atoms with Crippen LogP contribution < -0.4 is 5.32 Å². The molecule has 0 amide bonds. The maximum absolute atomic E-state index is 9.01. The zero-order valence-corrected chi connectivity index (χ0v) is 12.0. The number of nitriles is 1. The van der Waals surface area contributed by atoms with Crippen LogP contribution in [0.15, 0.2) is 36.4 Å². The van der Waals surface area contributed by atoms with Crippen molar-refractivity contribution in [1.82, 2.24) is 0 Å². The van der Waals surface area contributed by atoms with Crippen LogP contribution in [0.2, 0.25) is 15.1 Å². The topological polar surface area (TPSA) is 35.8 Å². The van der Waals surface area contributed by atoms with Gasteiger partial charge in [0.05, 0.1) is 32.4 Å². The van der Waals surface area contributed by atoms with Crippen LogP contribution in [0.5, 0.6) is 0 Å². The molecular weight excluding hydrogens is 303 g/mol. The lowest BCUT2D eigenvalue weighted by atomic mass is 10.1. The van der Waals surface area contributed by atoms with Crippen molar-refractivity contribution in [3.05, 3.63) is 62.6 Å². The molecule has 0 bridgehead atoms. The Balaban J connectivity index is 2.20. The fourth-order valence-electron chi connectivity index (χ4n) is 1.63. The molecule has 2 rings (SSSR count). The second-order valence-electron chi connectivity index (χ2n) is 3.87. The quantitative estimate of drug-likeness (QED) is 0.798. The van der Waals surface area contributed by atoms with Crippen molar-refractivity contribution < 1.29 is 0 Å². The van der Waals surface area contributed by atoms with Crippen LogP contribution in [0.25, 0.3) is 0 Å². The van der Waals surface area contributed by atoms with E-state index in [1.807, 2.05) is 18.2 Å². The number of nitrogens with zero attached hydrogens (tertiary/aromatic N) is 1. The van der Waals surface area contributed by atoms with Gasteiger partial charge in [-0.3, -0.25) is 0 Å². The summed E-state index contributed by atoms with van der Waals surface area (Å²) in [6.45, 7) is 0.488. The Labute approximate surface area is 126 Å². The van der Waals surface area contributed by atoms with Crippen molar-refractivity contribution in [1.29, 1.82) is 5.26 Å². The van der Waals surface area contributed by atoms with E-state index in [1.54, 1.807) is 18.2 Å². The number of anilines is 1. The average molecular weight is 312 g/mol. The molecule has 0 aromatic heterocycles. The smallest absolute Gasteiger partial charge is 0.0995 e. The van der Waals surface area contributed by atoms with Gasteiger partial charge in [-0.25, -0.2) is 0 Å². The van der Waals surface area contributed by atoms with Crippen molar-refractivity contribution in [2.24, 2.45) is 0 Å². The molecule has 0 saturated heterocycles. The lowest BCUT2D eigenvalue weighted by Crippen LogP contribution is -2.02. The lowest BCUT2D eigenvalue weighted by molar-refractivity contribution is 1.14. The third kappa shape index (κ3) is 3.33. The number of benzene rings is 2. The monoisotopic (exact) mass is 310 g/mol. The summed E-state index contributed by atoms with van der Waals surface area (Å²) in [6, 6.07) is 12.8. The molecule has 0 aliphatic heterocycles. The summed E-state index contributed by atoms with van der Waals surface area (Å²) < 4.78 is 0. The summed E-state index contributed by atoms with van der Waals surface area (Å²) in [5.74, 6) is 0. The summed E-state index contributed by atoms with van der Waals surface area (Å²) in [4.78, 5) is 0. The van der Waals surface area contributed by atoms with Gasteiger partial charge in [0.1, 0.15) is 0 Å². The standard InChI is InChI=1S/C14H9Cl3N2/c15-11-5-13(17)14(6-12(11)16)19-8-10-4-2-1-3-9(10)7-18/h1-6,19H,8H2. The highest BCUT2D eigenvalue weighted by atomic mass is 35.5. The fourth-order valence-corrected chi connectivity index (χ4v) is 2.25. The molecule has 0 spiro atoms. The fraction of sp³-hybridized carbons (Fsp3) is 0.0714. The minimum Gasteiger partial charge on any atom is -0.380 e. The second kappa shape index (κ2) is 6.16. The van der Waals surface area contributed by atoms with Crippen molar-refractivity contribution in [2.75, 3.05) is 5.32 Å². The van der Waals surface area contributed by atoms with E-state index in [0.29, 0.717) is 32.9 Å². The van der Waals surface area contributed by atoms with Gasteiger partial charge in [-0.2, -0.15) is 5.26 Å². The normalized spacial score (nSPS) is 10.0. The van der Waals surface area contributed by atoms with Crippen LogP contribution in [-0.4, -0.2) is 0 Å². The first-order chi connectivity index (χ1) is 9.11. The Bertz CT molecular complexity index is 648. The maximum Gasteiger partial charge on any atom is 0.0995 e. The largest absolute Gasteiger partial charge is 0.380 e. The van der Waals surface area contributed by atoms with E-state index in [2.05, 4.69) is 11.4 Å². The summed E-state index contributed by atoms with van der Waals surface area (Å²) in [7, 11) is 0. The van der Waals surface area contributed by atoms with E-state index in [9.17, 15) is 0 Å². The maximum atomic E-state index is 9.01. The highest BCUT2D eigenvalue weighted by Crippen LogP contribution is 2.32. The zero-order chi connectivity index (χ0) is 13.8. The predicted molar refractivity (Wildman–Crippen MR) is 80.0 cm³/mol. The number of hydrogen-bond donors (Lipinski definition) is 1. The molecular formula is C14H9Cl3N2. The third-order valence-corrected chi connectivity index (χ3v) is 3.65. The van der Waals surface area contributed by atoms with Gasteiger partial charge in [0.15, 0.2) is 0 Å². The number of halogens is 3. The Morgan fingerprint density at radius 2 is 1.68 bits per heavy atom. The van der Waals surface area contributed by atoms with Crippen molar-refractivity contribution >= 4 is 40.5 Å². The third-order valence-electron chi connectivity index (χ3n) is 2.62. The van der Waals surface area contributed by atoms with Gasteiger partial charge in [-0.1, -0.05) is 53.0 Å². The molecule has 0 unspecified atom stereocenters. The van der Waals surface area contributed by atoms with Crippen molar-refractivity contribution in [2.45, 2.75) is 6.54 Å². The number of hydrogen-bond acceptors (Lipinski definition) is 2. The second-order valence-corrected chi connectivity index (χ2v) is 5.09. The van der Waals surface area contributed by atoms with Gasteiger partial charge in [0, 0.05) is 6.54 Å². The first-order valence-corrected chi connectivity index (χ1v) is 6.61. The Morgan fingerprint density at radius 3 is 2.42 bits per heavy atom. The molecule has 0 aliphatic carbocycles. The molecule has 0 heterocycles. The van der Waals surface area contributed by atoms with E-state index in [1.165, 1.54) is 0 Å². The molecule has 2 aromatic carbocycles. The van der Waals surface area contributed by atoms with Gasteiger partial charge < -0.3 is 5.32 Å². The Morgan fingerprint density at radius 1 is 1.00 bits per heavy atom. The minimum absolute atomic E-state index is 0.412. The number of rotatable bonds is 3. The van der Waals surface area contributed by atoms with Crippen LogP contribution in [-0.2, 0) is 6.54 Å². The first-order valence-electron chi connectivity index (χ1n) is 5.48. The van der Waals surface area contributed by atoms with Crippen LogP contribution >= 0.6 is 34.8 Å². The molecule has 0 fully saturated rings. The number of nitrogens with one attached hydrogen (secondary N) is 1. The Kier molecular flexibility index (Phi) is 4.55. The van der Waals surface area contributed by atoms with E-state index in [0.717, 1.165) is 5.56 Å². The SMILES string of the molecule is N#Cc1ccccc1CNc1cc(Cl)c(Cl)cc1Cl. The van der Waals surface area contributed by atoms with Gasteiger partial charge >= 0.3 is 0 Å². The molecule has 96 valence electrons. The van der Waals surface area contributed by atoms with Gasteiger partial charge in [0.2, 0.25) is 0 Å². The lowest BCUT2D eigenvalue weighted by Gasteiger charge is -2.10. The van der Waals surface area contributed by atoms with Crippen LogP contribution in [0.3, 0.4) is 0 Å². The Hall–Kier alpha value is -1.40. The first kappa shape index (κ1) is 14.0. The van der Waals surface area contributed by atoms with E-state index in [4.69, 9.17) is 40.1 Å². The van der Waals surface area contributed by atoms with Crippen LogP contribution in [0.1, 0.15) is 11.1 Å². The molecule has 0 atom stereocenters. The van der Waals surface area contributed by atoms with Crippen LogP contribution in [0.4, 0.5) is 5.69 Å². The zero-order valence-electron chi connectivity index (χ0n) is 9.75. The highest BCUT2D eigenvalue weighted by Gasteiger charge is 2.07. The van der Waals surface area contributed by atoms with E-state index < -0.39 is 0 Å². The molecule has 19 heavy (non-hydrogen) atoms. The van der Waals surface area contributed by atoms with Crippen molar-refractivity contribution in [3.8, 4) is 6.07 Å². The van der Waals surface area contributed by atoms with E-state index >= 15 is 0 Å². The minimum atomic E-state index is 0.412. The van der Waals surface area contributed by atoms with Crippen molar-refractivity contribution in [3.63, 3.8) is 0 Å². The molecule has 1 N–H and O–H groups in total. The summed E-state index contributed by atoms with van der Waals surface area (Å²) >= 11 is 17.9. The molecule has 0 saturated carbocycles.